The number of ether oxygens (including phenoxy) is 2. The van der Waals surface area contributed by atoms with Crippen molar-refractivity contribution in [2.75, 3.05) is 6.61 Å². The van der Waals surface area contributed by atoms with Gasteiger partial charge in [0.2, 0.25) is 5.88 Å². The van der Waals surface area contributed by atoms with Crippen molar-refractivity contribution in [3.8, 4) is 0 Å². The number of hydrogen-bond acceptors (Lipinski definition) is 5. The van der Waals surface area contributed by atoms with Crippen molar-refractivity contribution in [2.24, 2.45) is 0 Å². The number of nitrogens with zero attached hydrogens (tertiary/aromatic N) is 2. The van der Waals surface area contributed by atoms with Crippen molar-refractivity contribution in [3.05, 3.63) is 46.8 Å². The third-order valence-corrected chi connectivity index (χ3v) is 5.23. The maximum Gasteiger partial charge on any atom is 0.512 e. The molecule has 1 aromatic rings. The number of halogens is 1. The Bertz CT molecular complexity index is 811. The molecule has 1 aromatic carbocycles. The number of amides is 2. The highest BCUT2D eigenvalue weighted by Crippen LogP contribution is 2.44. The van der Waals surface area contributed by atoms with Crippen LogP contribution in [-0.4, -0.2) is 51.8 Å². The lowest BCUT2D eigenvalue weighted by Gasteiger charge is -2.52. The van der Waals surface area contributed by atoms with Gasteiger partial charge in [-0.25, -0.2) is 9.59 Å². The summed E-state index contributed by atoms with van der Waals surface area (Å²) in [5.74, 6) is -0.593. The monoisotopic (exact) mass is 378 g/mol. The van der Waals surface area contributed by atoms with Gasteiger partial charge in [0, 0.05) is 0 Å². The Morgan fingerprint density at radius 3 is 2.69 bits per heavy atom. The van der Waals surface area contributed by atoms with Gasteiger partial charge in [-0.05, 0) is 18.4 Å². The van der Waals surface area contributed by atoms with Gasteiger partial charge < -0.3 is 14.6 Å². The zero-order valence-corrected chi connectivity index (χ0v) is 14.3. The molecule has 0 radical (unpaired) electrons. The van der Waals surface area contributed by atoms with E-state index in [1.165, 1.54) is 9.80 Å². The number of rotatable bonds is 3. The van der Waals surface area contributed by atoms with Crippen LogP contribution >= 0.6 is 11.6 Å². The number of β-lactam (4-membered cyclic amide) rings is 1. The molecular formula is C17H15ClN2O6. The lowest BCUT2D eigenvalue weighted by molar-refractivity contribution is -0.159. The van der Waals surface area contributed by atoms with E-state index in [4.69, 9.17) is 26.2 Å². The predicted octanol–water partition coefficient (Wildman–Crippen LogP) is 2.66. The molecule has 3 atom stereocenters. The molecule has 9 heteroatoms. The molecule has 1 N–H and O–H groups in total. The zero-order chi connectivity index (χ0) is 18.4. The van der Waals surface area contributed by atoms with Crippen molar-refractivity contribution in [2.45, 2.75) is 31.0 Å². The number of hydrogen-bond donors (Lipinski definition) is 1. The van der Waals surface area contributed by atoms with Crippen LogP contribution in [0.2, 0.25) is 0 Å². The molecule has 0 aliphatic carbocycles. The molecule has 3 heterocycles. The van der Waals surface area contributed by atoms with E-state index in [-0.39, 0.29) is 23.6 Å². The van der Waals surface area contributed by atoms with E-state index in [0.717, 1.165) is 5.56 Å². The summed E-state index contributed by atoms with van der Waals surface area (Å²) in [6.45, 7) is 0.161. The normalized spacial score (nSPS) is 27.8. The molecule has 0 unspecified atom stereocenters. The molecule has 136 valence electrons. The number of carbonyl (C=O) groups is 3. The summed E-state index contributed by atoms with van der Waals surface area (Å²) in [7, 11) is 0. The second kappa shape index (κ2) is 6.21. The van der Waals surface area contributed by atoms with Crippen molar-refractivity contribution in [1.29, 1.82) is 0 Å². The maximum atomic E-state index is 12.8. The average Bonchev–Trinajstić information content (AvgIpc) is 2.98. The van der Waals surface area contributed by atoms with Gasteiger partial charge in [-0.2, -0.15) is 0 Å². The van der Waals surface area contributed by atoms with E-state index >= 15 is 0 Å². The fourth-order valence-electron chi connectivity index (χ4n) is 3.74. The van der Waals surface area contributed by atoms with Crippen LogP contribution in [0.25, 0.3) is 0 Å². The Balaban J connectivity index is 1.62. The van der Waals surface area contributed by atoms with Gasteiger partial charge >= 0.3 is 12.2 Å². The first-order valence-electron chi connectivity index (χ1n) is 8.11. The smallest absolute Gasteiger partial charge is 0.449 e. The predicted molar refractivity (Wildman–Crippen MR) is 88.0 cm³/mol. The molecule has 0 saturated carbocycles. The Morgan fingerprint density at radius 1 is 1.27 bits per heavy atom. The fraction of sp³-hybridized carbons (Fsp3) is 0.353. The van der Waals surface area contributed by atoms with Gasteiger partial charge in [-0.15, -0.1) is 0 Å². The van der Waals surface area contributed by atoms with Gasteiger partial charge in [0.1, 0.15) is 12.6 Å². The van der Waals surface area contributed by atoms with Crippen molar-refractivity contribution >= 4 is 29.8 Å². The van der Waals surface area contributed by atoms with Crippen LogP contribution in [0.3, 0.4) is 0 Å². The van der Waals surface area contributed by atoms with Crippen LogP contribution in [0.5, 0.6) is 0 Å². The quantitative estimate of drug-likeness (QED) is 0.641. The molecule has 26 heavy (non-hydrogen) atoms. The van der Waals surface area contributed by atoms with Crippen LogP contribution in [0.4, 0.5) is 9.59 Å². The van der Waals surface area contributed by atoms with Crippen molar-refractivity contribution < 1.29 is 29.0 Å². The first-order chi connectivity index (χ1) is 12.5. The lowest BCUT2D eigenvalue weighted by atomic mass is 9.86. The molecule has 2 amide bonds. The molecule has 0 bridgehead atoms. The average molecular weight is 379 g/mol. The van der Waals surface area contributed by atoms with Crippen LogP contribution < -0.4 is 0 Å². The summed E-state index contributed by atoms with van der Waals surface area (Å²) in [4.78, 5) is 38.6. The van der Waals surface area contributed by atoms with Crippen LogP contribution in [0.15, 0.2) is 41.2 Å². The third-order valence-electron chi connectivity index (χ3n) is 4.88. The second-order valence-corrected chi connectivity index (χ2v) is 6.70. The molecule has 0 aromatic heterocycles. The van der Waals surface area contributed by atoms with E-state index < -0.39 is 30.2 Å². The molecule has 2 fully saturated rings. The van der Waals surface area contributed by atoms with Crippen molar-refractivity contribution in [3.63, 3.8) is 0 Å². The number of carboxylic acid groups (broad SMARTS) is 1. The molecular weight excluding hydrogens is 364 g/mol. The number of fused-ring (bicyclic) bond motifs is 1. The zero-order valence-electron chi connectivity index (χ0n) is 13.5. The topological polar surface area (TPSA) is 96.4 Å². The Morgan fingerprint density at radius 2 is 2.00 bits per heavy atom. The molecule has 0 spiro atoms. The maximum absolute atomic E-state index is 12.8. The highest BCUT2D eigenvalue weighted by Gasteiger charge is 2.59. The molecule has 3 aliphatic heterocycles. The Labute approximate surface area is 153 Å². The highest BCUT2D eigenvalue weighted by atomic mass is 35.5. The molecule has 3 aliphatic rings. The largest absolute Gasteiger partial charge is 0.512 e. The summed E-state index contributed by atoms with van der Waals surface area (Å²) in [5.41, 5.74) is 0.871. The van der Waals surface area contributed by atoms with E-state index in [0.29, 0.717) is 12.8 Å². The minimum absolute atomic E-state index is 0.161. The van der Waals surface area contributed by atoms with Crippen molar-refractivity contribution in [1.82, 2.24) is 9.80 Å². The van der Waals surface area contributed by atoms with E-state index in [9.17, 15) is 14.4 Å². The number of carbonyl (C=O) groups excluding carboxylic acids is 2. The first kappa shape index (κ1) is 16.7. The lowest BCUT2D eigenvalue weighted by Crippen LogP contribution is -2.71. The van der Waals surface area contributed by atoms with Gasteiger partial charge in [0.25, 0.3) is 5.91 Å². The summed E-state index contributed by atoms with van der Waals surface area (Å²) in [6, 6.07) is 7.83. The minimum Gasteiger partial charge on any atom is -0.449 e. The van der Waals surface area contributed by atoms with Gasteiger partial charge in [0.05, 0.1) is 17.1 Å². The standard InChI is InChI=1S/C17H15ClN2O6/c18-10-6-7-11-13(14(21)20(11)15(10)26-17(23)24)19-12(8-25-16(19)22)9-4-2-1-3-5-9/h1-5,11-13H,6-8H2,(H,23,24)/t11-,12-,13+/m1/s1. The molecule has 4 rings (SSSR count). The van der Waals surface area contributed by atoms with Crippen LogP contribution in [0.1, 0.15) is 24.4 Å². The summed E-state index contributed by atoms with van der Waals surface area (Å²) < 4.78 is 9.87. The number of allylic oxidation sites excluding steroid dienone is 1. The fourth-order valence-corrected chi connectivity index (χ4v) is 3.98. The summed E-state index contributed by atoms with van der Waals surface area (Å²) in [5, 5.41) is 9.05. The number of benzene rings is 1. The molecule has 2 saturated heterocycles. The molecule has 8 nitrogen and oxygen atoms in total. The highest BCUT2D eigenvalue weighted by molar-refractivity contribution is 6.30. The Kier molecular flexibility index (Phi) is 3.99. The van der Waals surface area contributed by atoms with Gasteiger partial charge in [0.15, 0.2) is 0 Å². The van der Waals surface area contributed by atoms with Gasteiger partial charge in [-0.3, -0.25) is 14.6 Å². The minimum atomic E-state index is -1.54. The van der Waals surface area contributed by atoms with E-state index in [2.05, 4.69) is 0 Å². The summed E-state index contributed by atoms with van der Waals surface area (Å²) >= 11 is 6.04. The first-order valence-corrected chi connectivity index (χ1v) is 8.49. The van der Waals surface area contributed by atoms with Crippen LogP contribution in [0, 0.1) is 0 Å². The Hall–Kier alpha value is -2.74. The third kappa shape index (κ3) is 2.48. The van der Waals surface area contributed by atoms with Gasteiger partial charge in [-0.1, -0.05) is 41.9 Å². The van der Waals surface area contributed by atoms with E-state index in [1.807, 2.05) is 30.3 Å². The van der Waals surface area contributed by atoms with E-state index in [1.54, 1.807) is 0 Å². The SMILES string of the molecule is O=C(O)OC1=C(Cl)CC[C@@H]2[C@H](N3C(=O)OC[C@@H]3c3ccccc3)C(=O)N12. The summed E-state index contributed by atoms with van der Waals surface area (Å²) in [6.07, 6.45) is -1.22. The number of cyclic esters (lactones) is 1. The second-order valence-electron chi connectivity index (χ2n) is 6.25. The van der Waals surface area contributed by atoms with Crippen LogP contribution in [-0.2, 0) is 14.3 Å².